The molecule has 1 aromatic heterocycles. The number of piperazine rings is 1. The third-order valence-corrected chi connectivity index (χ3v) is 4.98. The quantitative estimate of drug-likeness (QED) is 0.847. The van der Waals surface area contributed by atoms with Gasteiger partial charge in [0.1, 0.15) is 0 Å². The van der Waals surface area contributed by atoms with Gasteiger partial charge in [-0.15, -0.1) is 11.3 Å². The molecule has 1 amide bonds. The summed E-state index contributed by atoms with van der Waals surface area (Å²) in [5.41, 5.74) is 0. The lowest BCUT2D eigenvalue weighted by atomic mass is 10.2. The van der Waals surface area contributed by atoms with Gasteiger partial charge in [0.2, 0.25) is 5.91 Å². The third-order valence-electron chi connectivity index (χ3n) is 3.30. The Morgan fingerprint density at radius 2 is 2.06 bits per heavy atom. The summed E-state index contributed by atoms with van der Waals surface area (Å²) in [4.78, 5) is 17.6. The standard InChI is InChI=1S/C13H19BrN2OS/c1-15-7-9-16(10-8-15)13(17)4-2-3-11-5-6-12(14)18-11/h5-6H,2-4,7-10H2,1H3. The first-order chi connectivity index (χ1) is 8.65. The van der Waals surface area contributed by atoms with Gasteiger partial charge in [0.05, 0.1) is 3.79 Å². The zero-order valence-corrected chi connectivity index (χ0v) is 13.1. The smallest absolute Gasteiger partial charge is 0.222 e. The molecule has 0 atom stereocenters. The molecule has 0 spiro atoms. The molecule has 0 saturated carbocycles. The van der Waals surface area contributed by atoms with E-state index in [0.717, 1.165) is 39.0 Å². The number of aryl methyl sites for hydroxylation is 1. The highest BCUT2D eigenvalue weighted by Crippen LogP contribution is 2.23. The Kier molecular flexibility index (Phi) is 5.21. The number of nitrogens with zero attached hydrogens (tertiary/aromatic N) is 2. The Labute approximate surface area is 121 Å². The van der Waals surface area contributed by atoms with E-state index in [0.29, 0.717) is 12.3 Å². The van der Waals surface area contributed by atoms with Gasteiger partial charge in [-0.1, -0.05) is 0 Å². The molecule has 5 heteroatoms. The van der Waals surface area contributed by atoms with E-state index >= 15 is 0 Å². The lowest BCUT2D eigenvalue weighted by molar-refractivity contribution is -0.132. The molecular weight excluding hydrogens is 312 g/mol. The van der Waals surface area contributed by atoms with Crippen molar-refractivity contribution in [1.82, 2.24) is 9.80 Å². The van der Waals surface area contributed by atoms with E-state index in [1.54, 1.807) is 11.3 Å². The fourth-order valence-electron chi connectivity index (χ4n) is 2.11. The Balaban J connectivity index is 1.68. The van der Waals surface area contributed by atoms with Crippen molar-refractivity contribution in [2.45, 2.75) is 19.3 Å². The van der Waals surface area contributed by atoms with E-state index in [1.165, 1.54) is 8.66 Å². The maximum atomic E-state index is 12.0. The Bertz CT molecular complexity index is 399. The minimum Gasteiger partial charge on any atom is -0.340 e. The lowest BCUT2D eigenvalue weighted by Crippen LogP contribution is -2.47. The summed E-state index contributed by atoms with van der Waals surface area (Å²) >= 11 is 5.22. The monoisotopic (exact) mass is 330 g/mol. The molecule has 0 aromatic carbocycles. The van der Waals surface area contributed by atoms with Gasteiger partial charge in [-0.25, -0.2) is 0 Å². The molecular formula is C13H19BrN2OS. The summed E-state index contributed by atoms with van der Waals surface area (Å²) < 4.78 is 1.17. The molecule has 0 N–H and O–H groups in total. The number of thiophene rings is 1. The second-order valence-electron chi connectivity index (χ2n) is 4.74. The zero-order valence-electron chi connectivity index (χ0n) is 10.7. The zero-order chi connectivity index (χ0) is 13.0. The number of likely N-dealkylation sites (N-methyl/N-ethyl adjacent to an activating group) is 1. The second kappa shape index (κ2) is 6.68. The van der Waals surface area contributed by atoms with E-state index in [2.05, 4.69) is 40.0 Å². The van der Waals surface area contributed by atoms with Crippen molar-refractivity contribution >= 4 is 33.2 Å². The van der Waals surface area contributed by atoms with E-state index in [9.17, 15) is 4.79 Å². The maximum absolute atomic E-state index is 12.0. The summed E-state index contributed by atoms with van der Waals surface area (Å²) in [5.74, 6) is 0.318. The first-order valence-electron chi connectivity index (χ1n) is 6.35. The Morgan fingerprint density at radius 3 is 2.67 bits per heavy atom. The molecule has 18 heavy (non-hydrogen) atoms. The van der Waals surface area contributed by atoms with Crippen LogP contribution in [0.3, 0.4) is 0 Å². The number of carbonyl (C=O) groups excluding carboxylic acids is 1. The highest BCUT2D eigenvalue weighted by Gasteiger charge is 2.18. The molecule has 0 bridgehead atoms. The number of rotatable bonds is 4. The summed E-state index contributed by atoms with van der Waals surface area (Å²) in [6, 6.07) is 4.21. The van der Waals surface area contributed by atoms with Crippen molar-refractivity contribution in [2.24, 2.45) is 0 Å². The van der Waals surface area contributed by atoms with Gasteiger partial charge in [-0.3, -0.25) is 4.79 Å². The minimum absolute atomic E-state index is 0.318. The van der Waals surface area contributed by atoms with Gasteiger partial charge in [-0.2, -0.15) is 0 Å². The first kappa shape index (κ1) is 14.0. The maximum Gasteiger partial charge on any atom is 0.222 e. The van der Waals surface area contributed by atoms with Crippen LogP contribution in [0.5, 0.6) is 0 Å². The van der Waals surface area contributed by atoms with Crippen LogP contribution in [0.2, 0.25) is 0 Å². The number of hydrogen-bond acceptors (Lipinski definition) is 3. The number of halogens is 1. The van der Waals surface area contributed by atoms with Gasteiger partial charge in [0, 0.05) is 37.5 Å². The predicted octanol–water partition coefficient (Wildman–Crippen LogP) is 2.61. The molecule has 1 aliphatic rings. The van der Waals surface area contributed by atoms with Crippen LogP contribution in [-0.4, -0.2) is 48.9 Å². The Hall–Kier alpha value is -0.390. The van der Waals surface area contributed by atoms with E-state index in [1.807, 2.05) is 4.90 Å². The van der Waals surface area contributed by atoms with E-state index < -0.39 is 0 Å². The molecule has 1 saturated heterocycles. The minimum atomic E-state index is 0.318. The fraction of sp³-hybridized carbons (Fsp3) is 0.615. The Morgan fingerprint density at radius 1 is 1.33 bits per heavy atom. The van der Waals surface area contributed by atoms with Crippen LogP contribution in [0, 0.1) is 0 Å². The van der Waals surface area contributed by atoms with Gasteiger partial charge >= 0.3 is 0 Å². The number of amides is 1. The van der Waals surface area contributed by atoms with Gasteiger partial charge in [0.25, 0.3) is 0 Å². The van der Waals surface area contributed by atoms with Crippen LogP contribution >= 0.6 is 27.3 Å². The van der Waals surface area contributed by atoms with Crippen molar-refractivity contribution in [3.63, 3.8) is 0 Å². The van der Waals surface area contributed by atoms with Crippen LogP contribution in [0.25, 0.3) is 0 Å². The SMILES string of the molecule is CN1CCN(C(=O)CCCc2ccc(Br)s2)CC1. The summed E-state index contributed by atoms with van der Waals surface area (Å²) in [7, 11) is 2.11. The van der Waals surface area contributed by atoms with Crippen LogP contribution in [-0.2, 0) is 11.2 Å². The molecule has 1 fully saturated rings. The van der Waals surface area contributed by atoms with Crippen molar-refractivity contribution in [2.75, 3.05) is 33.2 Å². The van der Waals surface area contributed by atoms with Crippen LogP contribution in [0.4, 0.5) is 0 Å². The molecule has 1 aliphatic heterocycles. The van der Waals surface area contributed by atoms with Crippen molar-refractivity contribution in [3.05, 3.63) is 20.8 Å². The van der Waals surface area contributed by atoms with E-state index in [-0.39, 0.29) is 0 Å². The summed E-state index contributed by atoms with van der Waals surface area (Å²) in [5, 5.41) is 0. The molecule has 2 heterocycles. The highest BCUT2D eigenvalue weighted by atomic mass is 79.9. The molecule has 0 aliphatic carbocycles. The number of carbonyl (C=O) groups is 1. The second-order valence-corrected chi connectivity index (χ2v) is 7.29. The van der Waals surface area contributed by atoms with Gasteiger partial charge in [-0.05, 0) is 48.0 Å². The summed E-state index contributed by atoms with van der Waals surface area (Å²) in [6.07, 6.45) is 2.65. The third kappa shape index (κ3) is 4.07. The van der Waals surface area contributed by atoms with Crippen molar-refractivity contribution in [3.8, 4) is 0 Å². The summed E-state index contributed by atoms with van der Waals surface area (Å²) in [6.45, 7) is 3.78. The molecule has 1 aromatic rings. The lowest BCUT2D eigenvalue weighted by Gasteiger charge is -2.32. The van der Waals surface area contributed by atoms with Crippen molar-refractivity contribution in [1.29, 1.82) is 0 Å². The average Bonchev–Trinajstić information content (AvgIpc) is 2.76. The fourth-order valence-corrected chi connectivity index (χ4v) is 3.64. The number of hydrogen-bond donors (Lipinski definition) is 0. The van der Waals surface area contributed by atoms with E-state index in [4.69, 9.17) is 0 Å². The molecule has 2 rings (SSSR count). The topological polar surface area (TPSA) is 23.6 Å². The molecule has 0 unspecified atom stereocenters. The largest absolute Gasteiger partial charge is 0.340 e. The molecule has 3 nitrogen and oxygen atoms in total. The normalized spacial score (nSPS) is 17.1. The molecule has 0 radical (unpaired) electrons. The van der Waals surface area contributed by atoms with Gasteiger partial charge < -0.3 is 9.80 Å². The molecule has 100 valence electrons. The van der Waals surface area contributed by atoms with Crippen LogP contribution < -0.4 is 0 Å². The van der Waals surface area contributed by atoms with Crippen LogP contribution in [0.1, 0.15) is 17.7 Å². The first-order valence-corrected chi connectivity index (χ1v) is 7.96. The predicted molar refractivity (Wildman–Crippen MR) is 79.0 cm³/mol. The average molecular weight is 331 g/mol. The van der Waals surface area contributed by atoms with Gasteiger partial charge in [0.15, 0.2) is 0 Å². The van der Waals surface area contributed by atoms with Crippen molar-refractivity contribution < 1.29 is 4.79 Å². The highest BCUT2D eigenvalue weighted by molar-refractivity contribution is 9.11. The van der Waals surface area contributed by atoms with Crippen LogP contribution in [0.15, 0.2) is 15.9 Å².